The second kappa shape index (κ2) is 6.31. The Morgan fingerprint density at radius 3 is 2.62 bits per heavy atom. The van der Waals surface area contributed by atoms with Gasteiger partial charge in [0.05, 0.1) is 6.04 Å². The summed E-state index contributed by atoms with van der Waals surface area (Å²) in [4.78, 5) is 16.1. The van der Waals surface area contributed by atoms with Crippen molar-refractivity contribution in [1.29, 1.82) is 0 Å². The molecule has 2 aromatic rings. The van der Waals surface area contributed by atoms with Crippen LogP contribution in [0.15, 0.2) is 24.4 Å². The molecule has 0 bridgehead atoms. The van der Waals surface area contributed by atoms with Crippen molar-refractivity contribution >= 4 is 17.0 Å². The summed E-state index contributed by atoms with van der Waals surface area (Å²) in [7, 11) is 3.97. The van der Waals surface area contributed by atoms with Gasteiger partial charge >= 0.3 is 6.09 Å². The van der Waals surface area contributed by atoms with Crippen molar-refractivity contribution in [2.45, 2.75) is 44.8 Å². The van der Waals surface area contributed by atoms with Gasteiger partial charge in [-0.3, -0.25) is 0 Å². The number of carbonyl (C=O) groups excluding carboxylic acids is 1. The molecule has 5 heteroatoms. The van der Waals surface area contributed by atoms with Crippen molar-refractivity contribution in [3.63, 3.8) is 0 Å². The van der Waals surface area contributed by atoms with E-state index in [2.05, 4.69) is 54.8 Å². The van der Waals surface area contributed by atoms with E-state index in [9.17, 15) is 4.79 Å². The van der Waals surface area contributed by atoms with Crippen LogP contribution >= 0.6 is 0 Å². The molecule has 2 aliphatic heterocycles. The van der Waals surface area contributed by atoms with E-state index in [0.717, 1.165) is 38.9 Å². The van der Waals surface area contributed by atoms with Crippen molar-refractivity contribution in [3.8, 4) is 0 Å². The van der Waals surface area contributed by atoms with Crippen LogP contribution in [-0.2, 0) is 18.2 Å². The standard InChI is InChI=1S/C21H29N3O2/c1-15-5-6-18-17(14-22(3)19(18)13-15)7-10-24-11-8-21(9-12-24)16(2)23(4)20(25)26-21/h5-6,13-14,16H,7-12H2,1-4H3. The number of fused-ring (bicyclic) bond motifs is 1. The van der Waals surface area contributed by atoms with E-state index in [0.29, 0.717) is 0 Å². The van der Waals surface area contributed by atoms with Gasteiger partial charge < -0.3 is 19.1 Å². The molecule has 2 aliphatic rings. The number of hydrogen-bond acceptors (Lipinski definition) is 3. The SMILES string of the molecule is Cc1ccc2c(CCN3CCC4(CC3)OC(=O)N(C)C4C)cn(C)c2c1. The van der Waals surface area contributed by atoms with Gasteiger partial charge in [0.2, 0.25) is 0 Å². The van der Waals surface area contributed by atoms with Crippen LogP contribution in [0.2, 0.25) is 0 Å². The van der Waals surface area contributed by atoms with Crippen molar-refractivity contribution in [2.75, 3.05) is 26.7 Å². The molecule has 0 saturated carbocycles. The van der Waals surface area contributed by atoms with E-state index in [4.69, 9.17) is 4.74 Å². The van der Waals surface area contributed by atoms with Crippen molar-refractivity contribution in [1.82, 2.24) is 14.4 Å². The quantitative estimate of drug-likeness (QED) is 0.847. The van der Waals surface area contributed by atoms with Crippen LogP contribution in [0, 0.1) is 6.92 Å². The second-order valence-electron chi connectivity index (χ2n) is 8.10. The highest BCUT2D eigenvalue weighted by Crippen LogP contribution is 2.37. The molecule has 1 amide bonds. The summed E-state index contributed by atoms with van der Waals surface area (Å²) in [5.74, 6) is 0. The van der Waals surface area contributed by atoms with Crippen LogP contribution in [0.4, 0.5) is 4.79 Å². The summed E-state index contributed by atoms with van der Waals surface area (Å²) in [6, 6.07) is 6.87. The molecule has 0 radical (unpaired) electrons. The van der Waals surface area contributed by atoms with Crippen LogP contribution in [0.1, 0.15) is 30.9 Å². The Morgan fingerprint density at radius 2 is 1.96 bits per heavy atom. The maximum Gasteiger partial charge on any atom is 0.410 e. The molecule has 2 saturated heterocycles. The predicted molar refractivity (Wildman–Crippen MR) is 103 cm³/mol. The summed E-state index contributed by atoms with van der Waals surface area (Å²) in [6.45, 7) is 7.30. The Bertz CT molecular complexity index is 833. The minimum atomic E-state index is -0.278. The fraction of sp³-hybridized carbons (Fsp3) is 0.571. The summed E-state index contributed by atoms with van der Waals surface area (Å²) >= 11 is 0. The smallest absolute Gasteiger partial charge is 0.410 e. The minimum absolute atomic E-state index is 0.165. The van der Waals surface area contributed by atoms with Gasteiger partial charge in [-0.05, 0) is 37.5 Å². The average molecular weight is 355 g/mol. The highest BCUT2D eigenvalue weighted by Gasteiger charge is 2.51. The third-order valence-electron chi connectivity index (χ3n) is 6.55. The molecule has 2 fully saturated rings. The Labute approximate surface area is 155 Å². The number of aryl methyl sites for hydroxylation is 2. The molecular formula is C21H29N3O2. The first-order valence-electron chi connectivity index (χ1n) is 9.62. The average Bonchev–Trinajstić information content (AvgIpc) is 3.04. The van der Waals surface area contributed by atoms with Crippen LogP contribution in [0.5, 0.6) is 0 Å². The molecule has 4 rings (SSSR count). The number of nitrogens with zero attached hydrogens (tertiary/aromatic N) is 3. The Kier molecular flexibility index (Phi) is 4.22. The Balaban J connectivity index is 1.40. The maximum absolute atomic E-state index is 11.9. The lowest BCUT2D eigenvalue weighted by atomic mass is 9.85. The fourth-order valence-corrected chi connectivity index (χ4v) is 4.57. The first-order chi connectivity index (χ1) is 12.4. The lowest BCUT2D eigenvalue weighted by Crippen LogP contribution is -2.51. The van der Waals surface area contributed by atoms with Gasteiger partial charge in [0, 0.05) is 63.7 Å². The van der Waals surface area contributed by atoms with Gasteiger partial charge in [-0.1, -0.05) is 12.1 Å². The van der Waals surface area contributed by atoms with Gasteiger partial charge in [-0.25, -0.2) is 4.79 Å². The molecule has 0 aliphatic carbocycles. The number of rotatable bonds is 3. The van der Waals surface area contributed by atoms with Gasteiger partial charge in [-0.2, -0.15) is 0 Å². The third-order valence-corrected chi connectivity index (χ3v) is 6.55. The van der Waals surface area contributed by atoms with E-state index >= 15 is 0 Å². The predicted octanol–water partition coefficient (Wildman–Crippen LogP) is 3.33. The minimum Gasteiger partial charge on any atom is -0.441 e. The molecule has 0 N–H and O–H groups in total. The Hall–Kier alpha value is -2.01. The molecule has 3 heterocycles. The zero-order valence-electron chi connectivity index (χ0n) is 16.3. The largest absolute Gasteiger partial charge is 0.441 e. The van der Waals surface area contributed by atoms with E-state index in [-0.39, 0.29) is 17.7 Å². The van der Waals surface area contributed by atoms with E-state index in [1.54, 1.807) is 4.90 Å². The second-order valence-corrected chi connectivity index (χ2v) is 8.10. The zero-order valence-corrected chi connectivity index (χ0v) is 16.3. The number of carbonyl (C=O) groups is 1. The van der Waals surface area contributed by atoms with Crippen molar-refractivity contribution < 1.29 is 9.53 Å². The number of piperidine rings is 1. The molecule has 1 atom stereocenters. The number of amides is 1. The molecule has 5 nitrogen and oxygen atoms in total. The molecule has 1 unspecified atom stereocenters. The van der Waals surface area contributed by atoms with Crippen LogP contribution < -0.4 is 0 Å². The number of likely N-dealkylation sites (tertiary alicyclic amines) is 1. The number of likely N-dealkylation sites (N-methyl/N-ethyl adjacent to an activating group) is 1. The van der Waals surface area contributed by atoms with Crippen LogP contribution in [0.25, 0.3) is 10.9 Å². The van der Waals surface area contributed by atoms with Gasteiger partial charge in [0.25, 0.3) is 0 Å². The van der Waals surface area contributed by atoms with Crippen molar-refractivity contribution in [2.24, 2.45) is 7.05 Å². The molecule has 26 heavy (non-hydrogen) atoms. The molecular weight excluding hydrogens is 326 g/mol. The first-order valence-corrected chi connectivity index (χ1v) is 9.62. The number of hydrogen-bond donors (Lipinski definition) is 0. The highest BCUT2D eigenvalue weighted by molar-refractivity contribution is 5.84. The Morgan fingerprint density at radius 1 is 1.23 bits per heavy atom. The normalized spacial score (nSPS) is 23.2. The molecule has 1 aromatic carbocycles. The maximum atomic E-state index is 11.9. The van der Waals surface area contributed by atoms with E-state index in [1.807, 2.05) is 7.05 Å². The summed E-state index contributed by atoms with van der Waals surface area (Å²) in [6.07, 6.45) is 5.02. The van der Waals surface area contributed by atoms with Crippen LogP contribution in [-0.4, -0.2) is 58.8 Å². The molecule has 1 spiro atoms. The number of aromatic nitrogens is 1. The summed E-state index contributed by atoms with van der Waals surface area (Å²) in [5.41, 5.74) is 3.76. The zero-order chi connectivity index (χ0) is 18.5. The fourth-order valence-electron chi connectivity index (χ4n) is 4.57. The van der Waals surface area contributed by atoms with Crippen molar-refractivity contribution in [3.05, 3.63) is 35.5 Å². The number of benzene rings is 1. The summed E-state index contributed by atoms with van der Waals surface area (Å²) in [5, 5.41) is 1.37. The first kappa shape index (κ1) is 17.4. The van der Waals surface area contributed by atoms with Gasteiger partial charge in [0.15, 0.2) is 0 Å². The molecule has 140 valence electrons. The summed E-state index contributed by atoms with van der Waals surface area (Å²) < 4.78 is 7.99. The number of ether oxygens (including phenoxy) is 1. The van der Waals surface area contributed by atoms with Crippen LogP contribution in [0.3, 0.4) is 0 Å². The van der Waals surface area contributed by atoms with Gasteiger partial charge in [0.1, 0.15) is 5.60 Å². The van der Waals surface area contributed by atoms with E-state index < -0.39 is 0 Å². The lowest BCUT2D eigenvalue weighted by molar-refractivity contribution is -0.0170. The highest BCUT2D eigenvalue weighted by atomic mass is 16.6. The molecule has 1 aromatic heterocycles. The van der Waals surface area contributed by atoms with Gasteiger partial charge in [-0.15, -0.1) is 0 Å². The van der Waals surface area contributed by atoms with E-state index in [1.165, 1.54) is 22.0 Å². The monoisotopic (exact) mass is 355 g/mol. The third kappa shape index (κ3) is 2.78. The topological polar surface area (TPSA) is 37.7 Å². The lowest BCUT2D eigenvalue weighted by Gasteiger charge is -2.40.